The molecular formula is C29H38O6. The summed E-state index contributed by atoms with van der Waals surface area (Å²) in [6.07, 6.45) is 1.13. The van der Waals surface area contributed by atoms with Crippen LogP contribution in [0.3, 0.4) is 0 Å². The number of esters is 2. The lowest BCUT2D eigenvalue weighted by molar-refractivity contribution is -0.132. The van der Waals surface area contributed by atoms with E-state index >= 15 is 0 Å². The Hall–Kier alpha value is -2.83. The zero-order valence-corrected chi connectivity index (χ0v) is 21.6. The summed E-state index contributed by atoms with van der Waals surface area (Å²) in [7, 11) is 0. The maximum Gasteiger partial charge on any atom is 0.387 e. The zero-order chi connectivity index (χ0) is 26.3. The third kappa shape index (κ3) is 6.86. The van der Waals surface area contributed by atoms with Gasteiger partial charge in [-0.15, -0.1) is 0 Å². The summed E-state index contributed by atoms with van der Waals surface area (Å²) in [6.45, 7) is 11.6. The van der Waals surface area contributed by atoms with Gasteiger partial charge in [0.15, 0.2) is 0 Å². The number of carbonyl (C=O) groups excluding carboxylic acids is 3. The fraction of sp³-hybridized carbons (Fsp3) is 0.483. The van der Waals surface area contributed by atoms with Crippen LogP contribution in [0.25, 0.3) is 0 Å². The van der Waals surface area contributed by atoms with E-state index in [1.54, 1.807) is 44.2 Å². The van der Waals surface area contributed by atoms with Crippen LogP contribution in [0.2, 0.25) is 0 Å². The Morgan fingerprint density at radius 2 is 1.54 bits per heavy atom. The van der Waals surface area contributed by atoms with Crippen molar-refractivity contribution in [3.63, 3.8) is 0 Å². The first-order valence-electron chi connectivity index (χ1n) is 12.2. The number of Topliss-reactive ketones (excluding diaryl/α,β-unsaturated/α-hetero) is 1. The highest BCUT2D eigenvalue weighted by molar-refractivity contribution is 6.42. The normalized spacial score (nSPS) is 14.0. The Balaban J connectivity index is 2.23. The average Bonchev–Trinajstić information content (AvgIpc) is 2.79. The number of aliphatic hydroxyl groups is 2. The van der Waals surface area contributed by atoms with Crippen LogP contribution in [-0.2, 0) is 16.0 Å². The van der Waals surface area contributed by atoms with Gasteiger partial charge in [0.1, 0.15) is 0 Å². The molecule has 0 aliphatic heterocycles. The number of benzene rings is 2. The maximum absolute atomic E-state index is 12.8. The molecule has 0 radical (unpaired) electrons. The van der Waals surface area contributed by atoms with E-state index in [1.807, 2.05) is 13.8 Å². The van der Waals surface area contributed by atoms with Crippen LogP contribution in [0.1, 0.15) is 77.9 Å². The minimum atomic E-state index is -1.23. The summed E-state index contributed by atoms with van der Waals surface area (Å²) in [4.78, 5) is 37.4. The molecule has 6 heteroatoms. The van der Waals surface area contributed by atoms with Crippen molar-refractivity contribution in [3.8, 4) is 0 Å². The van der Waals surface area contributed by atoms with Crippen molar-refractivity contribution >= 4 is 17.7 Å². The van der Waals surface area contributed by atoms with Crippen molar-refractivity contribution in [2.24, 2.45) is 17.3 Å². The molecular weight excluding hydrogens is 444 g/mol. The number of rotatable bonds is 11. The van der Waals surface area contributed by atoms with Gasteiger partial charge in [0.25, 0.3) is 5.78 Å². The van der Waals surface area contributed by atoms with E-state index in [2.05, 4.69) is 13.8 Å². The van der Waals surface area contributed by atoms with Crippen molar-refractivity contribution in [1.29, 1.82) is 0 Å². The fourth-order valence-electron chi connectivity index (χ4n) is 4.59. The van der Waals surface area contributed by atoms with Gasteiger partial charge in [0.05, 0.1) is 18.3 Å². The highest BCUT2D eigenvalue weighted by Gasteiger charge is 2.40. The Morgan fingerprint density at radius 1 is 0.971 bits per heavy atom. The third-order valence-corrected chi connectivity index (χ3v) is 6.92. The van der Waals surface area contributed by atoms with Crippen molar-refractivity contribution in [1.82, 2.24) is 0 Å². The lowest BCUT2D eigenvalue weighted by Crippen LogP contribution is -2.44. The quantitative estimate of drug-likeness (QED) is 0.206. The molecule has 0 aliphatic rings. The van der Waals surface area contributed by atoms with Crippen LogP contribution in [0.15, 0.2) is 42.5 Å². The van der Waals surface area contributed by atoms with E-state index in [0.717, 1.165) is 12.0 Å². The molecule has 2 atom stereocenters. The second-order valence-corrected chi connectivity index (χ2v) is 10.2. The van der Waals surface area contributed by atoms with Gasteiger partial charge >= 0.3 is 11.9 Å². The van der Waals surface area contributed by atoms with E-state index in [4.69, 9.17) is 4.74 Å². The van der Waals surface area contributed by atoms with Gasteiger partial charge < -0.3 is 14.9 Å². The molecule has 0 saturated carbocycles. The van der Waals surface area contributed by atoms with Gasteiger partial charge in [-0.2, -0.15) is 0 Å². The predicted molar refractivity (Wildman–Crippen MR) is 135 cm³/mol. The molecule has 6 nitrogen and oxygen atoms in total. The first-order valence-corrected chi connectivity index (χ1v) is 12.2. The molecule has 190 valence electrons. The first-order chi connectivity index (χ1) is 16.4. The minimum Gasteiger partial charge on any atom is -0.396 e. The van der Waals surface area contributed by atoms with Crippen molar-refractivity contribution in [2.75, 3.05) is 6.61 Å². The predicted octanol–water partition coefficient (Wildman–Crippen LogP) is 4.84. The molecule has 0 saturated heterocycles. The highest BCUT2D eigenvalue weighted by Crippen LogP contribution is 2.39. The molecule has 2 N–H and O–H groups in total. The van der Waals surface area contributed by atoms with Gasteiger partial charge in [-0.25, -0.2) is 9.59 Å². The minimum absolute atomic E-state index is 0.0706. The first kappa shape index (κ1) is 28.4. The molecule has 2 aromatic carbocycles. The van der Waals surface area contributed by atoms with E-state index in [1.165, 1.54) is 12.1 Å². The van der Waals surface area contributed by atoms with E-state index in [0.29, 0.717) is 29.9 Å². The number of hydrogen-bond acceptors (Lipinski definition) is 6. The average molecular weight is 483 g/mol. The van der Waals surface area contributed by atoms with Gasteiger partial charge in [-0.3, -0.25) is 4.79 Å². The molecule has 0 bridgehead atoms. The molecule has 0 aliphatic carbocycles. The largest absolute Gasteiger partial charge is 0.396 e. The number of aryl methyl sites for hydroxylation is 2. The number of carbonyl (C=O) groups is 3. The summed E-state index contributed by atoms with van der Waals surface area (Å²) in [6, 6.07) is 11.5. The maximum atomic E-state index is 12.8. The standard InChI is InChI=1S/C29H38O6/c1-18(2)12-13-29(17-30,19(3)4)24(31)16-22-14-20(5)25(21(6)15-22)26(32)28(34)35-27(33)23-10-8-7-9-11-23/h7-11,14-15,18-19,24,30-31H,12-13,16-17H2,1-6H3. The van der Waals surface area contributed by atoms with Crippen molar-refractivity contribution in [3.05, 3.63) is 70.3 Å². The van der Waals surface area contributed by atoms with Crippen LogP contribution >= 0.6 is 0 Å². The number of hydrogen-bond donors (Lipinski definition) is 2. The molecule has 2 unspecified atom stereocenters. The van der Waals surface area contributed by atoms with Gasteiger partial charge in [0.2, 0.25) is 0 Å². The molecule has 0 amide bonds. The Bertz CT molecular complexity index is 1020. The molecule has 0 aromatic heterocycles. The summed E-state index contributed by atoms with van der Waals surface area (Å²) in [5.74, 6) is -2.48. The number of ketones is 1. The fourth-order valence-corrected chi connectivity index (χ4v) is 4.59. The summed E-state index contributed by atoms with van der Waals surface area (Å²) in [5, 5.41) is 21.5. The van der Waals surface area contributed by atoms with Crippen LogP contribution in [0, 0.1) is 31.1 Å². The summed E-state index contributed by atoms with van der Waals surface area (Å²) in [5.41, 5.74) is 1.65. The molecule has 2 rings (SSSR count). The topological polar surface area (TPSA) is 101 Å². The van der Waals surface area contributed by atoms with Crippen LogP contribution in [0.4, 0.5) is 0 Å². The second kappa shape index (κ2) is 12.2. The lowest BCUT2D eigenvalue weighted by Gasteiger charge is -2.41. The summed E-state index contributed by atoms with van der Waals surface area (Å²) < 4.78 is 4.79. The zero-order valence-electron chi connectivity index (χ0n) is 21.6. The van der Waals surface area contributed by atoms with E-state index in [-0.39, 0.29) is 23.7 Å². The molecule has 0 spiro atoms. The van der Waals surface area contributed by atoms with Crippen molar-refractivity contribution < 1.29 is 29.3 Å². The smallest absolute Gasteiger partial charge is 0.387 e. The number of aliphatic hydroxyl groups excluding tert-OH is 2. The lowest BCUT2D eigenvalue weighted by atomic mass is 9.67. The Kier molecular flexibility index (Phi) is 9.92. The van der Waals surface area contributed by atoms with Crippen molar-refractivity contribution in [2.45, 2.75) is 66.9 Å². The Morgan fingerprint density at radius 3 is 2.03 bits per heavy atom. The monoisotopic (exact) mass is 482 g/mol. The van der Waals surface area contributed by atoms with Gasteiger partial charge in [-0.1, -0.05) is 64.4 Å². The molecule has 0 fully saturated rings. The molecule has 35 heavy (non-hydrogen) atoms. The molecule has 0 heterocycles. The van der Waals surface area contributed by atoms with Gasteiger partial charge in [-0.05, 0) is 67.3 Å². The van der Waals surface area contributed by atoms with Crippen LogP contribution in [0.5, 0.6) is 0 Å². The third-order valence-electron chi connectivity index (χ3n) is 6.92. The molecule has 2 aromatic rings. The SMILES string of the molecule is Cc1cc(CC(O)C(CO)(CCC(C)C)C(C)C)cc(C)c1C(=O)C(=O)OC(=O)c1ccccc1. The summed E-state index contributed by atoms with van der Waals surface area (Å²) >= 11 is 0. The van der Waals surface area contributed by atoms with E-state index < -0.39 is 29.2 Å². The van der Waals surface area contributed by atoms with E-state index in [9.17, 15) is 24.6 Å². The Labute approximate surface area is 208 Å². The van der Waals surface area contributed by atoms with Crippen LogP contribution < -0.4 is 0 Å². The second-order valence-electron chi connectivity index (χ2n) is 10.2. The van der Waals surface area contributed by atoms with Gasteiger partial charge in [0, 0.05) is 11.0 Å². The number of ether oxygens (including phenoxy) is 1. The highest BCUT2D eigenvalue weighted by atomic mass is 16.6. The van der Waals surface area contributed by atoms with Crippen LogP contribution in [-0.4, -0.2) is 40.6 Å².